The maximum absolute atomic E-state index is 12.0. The number of carbonyl (C=O) groups is 2. The fourth-order valence-corrected chi connectivity index (χ4v) is 3.24. The van der Waals surface area contributed by atoms with Gasteiger partial charge in [-0.3, -0.25) is 9.59 Å². The summed E-state index contributed by atoms with van der Waals surface area (Å²) in [5, 5.41) is 5.33. The van der Waals surface area contributed by atoms with Gasteiger partial charge in [0.25, 0.3) is 0 Å². The Labute approximate surface area is 129 Å². The number of fused-ring (bicyclic) bond motifs is 1. The van der Waals surface area contributed by atoms with Gasteiger partial charge in [-0.15, -0.1) is 11.8 Å². The van der Waals surface area contributed by atoms with Crippen molar-refractivity contribution >= 4 is 29.3 Å². The Morgan fingerprint density at radius 3 is 2.86 bits per heavy atom. The number of nitrogens with zero attached hydrogens (tertiary/aromatic N) is 1. The van der Waals surface area contributed by atoms with E-state index in [1.807, 2.05) is 36.9 Å². The lowest BCUT2D eigenvalue weighted by molar-refractivity contribution is -0.125. The first kappa shape index (κ1) is 15.7. The van der Waals surface area contributed by atoms with Crippen molar-refractivity contribution in [3.05, 3.63) is 24.3 Å². The highest BCUT2D eigenvalue weighted by Gasteiger charge is 2.17. The van der Waals surface area contributed by atoms with Gasteiger partial charge in [-0.2, -0.15) is 0 Å². The summed E-state index contributed by atoms with van der Waals surface area (Å²) in [6.45, 7) is 3.61. The van der Waals surface area contributed by atoms with Crippen LogP contribution in [0, 0.1) is 0 Å². The van der Waals surface area contributed by atoms with E-state index in [0.717, 1.165) is 24.4 Å². The molecule has 0 radical (unpaired) electrons. The third-order valence-electron chi connectivity index (χ3n) is 3.19. The lowest BCUT2D eigenvalue weighted by Crippen LogP contribution is -2.42. The fourth-order valence-electron chi connectivity index (χ4n) is 2.23. The van der Waals surface area contributed by atoms with Gasteiger partial charge >= 0.3 is 0 Å². The molecule has 0 unspecified atom stereocenters. The van der Waals surface area contributed by atoms with Crippen molar-refractivity contribution < 1.29 is 9.59 Å². The minimum atomic E-state index is -0.155. The number of amides is 2. The van der Waals surface area contributed by atoms with Gasteiger partial charge in [0.2, 0.25) is 11.8 Å². The van der Waals surface area contributed by atoms with Gasteiger partial charge < -0.3 is 15.5 Å². The smallest absolute Gasteiger partial charge is 0.239 e. The minimum absolute atomic E-state index is 0.0386. The van der Waals surface area contributed by atoms with Gasteiger partial charge in [-0.05, 0) is 31.2 Å². The maximum Gasteiger partial charge on any atom is 0.239 e. The van der Waals surface area contributed by atoms with E-state index in [9.17, 15) is 9.59 Å². The molecule has 21 heavy (non-hydrogen) atoms. The first-order valence-electron chi connectivity index (χ1n) is 7.21. The average Bonchev–Trinajstić information content (AvgIpc) is 2.68. The minimum Gasteiger partial charge on any atom is -0.361 e. The summed E-state index contributed by atoms with van der Waals surface area (Å²) in [5.74, 6) is 0.786. The number of hydrogen-bond acceptors (Lipinski definition) is 4. The molecule has 0 atom stereocenters. The molecule has 2 amide bonds. The molecule has 0 fully saturated rings. The molecule has 0 aromatic heterocycles. The number of benzene rings is 1. The molecule has 1 aliphatic heterocycles. The van der Waals surface area contributed by atoms with Crippen molar-refractivity contribution in [2.45, 2.75) is 18.2 Å². The van der Waals surface area contributed by atoms with Gasteiger partial charge in [0, 0.05) is 18.0 Å². The third kappa shape index (κ3) is 4.67. The molecule has 0 bridgehead atoms. The van der Waals surface area contributed by atoms with Gasteiger partial charge in [-0.25, -0.2) is 0 Å². The molecule has 5 nitrogen and oxygen atoms in total. The van der Waals surface area contributed by atoms with Crippen LogP contribution in [0.5, 0.6) is 0 Å². The normalized spacial score (nSPS) is 14.0. The summed E-state index contributed by atoms with van der Waals surface area (Å²) >= 11 is 1.83. The molecule has 2 N–H and O–H groups in total. The molecule has 2 rings (SSSR count). The van der Waals surface area contributed by atoms with Gasteiger partial charge in [0.1, 0.15) is 0 Å². The number of carbonyl (C=O) groups excluding carboxylic acids is 2. The molecule has 6 heteroatoms. The maximum atomic E-state index is 12.0. The molecule has 114 valence electrons. The van der Waals surface area contributed by atoms with Crippen LogP contribution in [0.3, 0.4) is 0 Å². The van der Waals surface area contributed by atoms with Crippen LogP contribution < -0.4 is 15.5 Å². The Morgan fingerprint density at radius 1 is 1.24 bits per heavy atom. The SMILES string of the molecule is CCNC(=O)CNC(=O)CN1CCCSc2ccccc21. The van der Waals surface area contributed by atoms with Crippen LogP contribution in [0.25, 0.3) is 0 Å². The zero-order chi connectivity index (χ0) is 15.1. The quantitative estimate of drug-likeness (QED) is 0.859. The second-order valence-corrected chi connectivity index (χ2v) is 5.96. The van der Waals surface area contributed by atoms with Crippen LogP contribution in [0.4, 0.5) is 5.69 Å². The van der Waals surface area contributed by atoms with Crippen molar-refractivity contribution in [1.29, 1.82) is 0 Å². The van der Waals surface area contributed by atoms with E-state index >= 15 is 0 Å². The average molecular weight is 307 g/mol. The molecule has 1 aromatic carbocycles. The first-order valence-corrected chi connectivity index (χ1v) is 8.19. The van der Waals surface area contributed by atoms with E-state index in [0.29, 0.717) is 6.54 Å². The van der Waals surface area contributed by atoms with Gasteiger partial charge in [0.05, 0.1) is 18.8 Å². The molecule has 1 aromatic rings. The highest BCUT2D eigenvalue weighted by atomic mass is 32.2. The zero-order valence-corrected chi connectivity index (χ0v) is 13.0. The van der Waals surface area contributed by atoms with Crippen molar-refractivity contribution in [2.75, 3.05) is 36.8 Å². The summed E-state index contributed by atoms with van der Waals surface area (Å²) in [6, 6.07) is 8.14. The summed E-state index contributed by atoms with van der Waals surface area (Å²) in [6.07, 6.45) is 1.04. The van der Waals surface area contributed by atoms with Gasteiger partial charge in [-0.1, -0.05) is 12.1 Å². The van der Waals surface area contributed by atoms with E-state index in [2.05, 4.69) is 21.6 Å². The zero-order valence-electron chi connectivity index (χ0n) is 12.2. The van der Waals surface area contributed by atoms with Crippen LogP contribution in [-0.2, 0) is 9.59 Å². The molecule has 0 saturated heterocycles. The van der Waals surface area contributed by atoms with Crippen LogP contribution in [0.15, 0.2) is 29.2 Å². The second-order valence-electron chi connectivity index (χ2n) is 4.82. The Kier molecular flexibility index (Phi) is 5.92. The summed E-state index contributed by atoms with van der Waals surface area (Å²) < 4.78 is 0. The van der Waals surface area contributed by atoms with Crippen molar-refractivity contribution in [3.8, 4) is 0 Å². The Bertz CT molecular complexity index is 507. The van der Waals surface area contributed by atoms with Crippen molar-refractivity contribution in [1.82, 2.24) is 10.6 Å². The fraction of sp³-hybridized carbons (Fsp3) is 0.467. The molecule has 1 heterocycles. The number of hydrogen-bond donors (Lipinski definition) is 2. The first-order chi connectivity index (χ1) is 10.2. The number of rotatable bonds is 5. The van der Waals surface area contributed by atoms with E-state index in [-0.39, 0.29) is 24.9 Å². The number of nitrogens with one attached hydrogen (secondary N) is 2. The van der Waals surface area contributed by atoms with Crippen LogP contribution in [0.2, 0.25) is 0 Å². The van der Waals surface area contributed by atoms with Crippen molar-refractivity contribution in [3.63, 3.8) is 0 Å². The van der Waals surface area contributed by atoms with E-state index < -0.39 is 0 Å². The van der Waals surface area contributed by atoms with Crippen LogP contribution in [-0.4, -0.2) is 43.7 Å². The molecule has 1 aliphatic rings. The van der Waals surface area contributed by atoms with E-state index in [1.54, 1.807) is 0 Å². The highest BCUT2D eigenvalue weighted by molar-refractivity contribution is 7.99. The second kappa shape index (κ2) is 7.93. The Hall–Kier alpha value is -1.69. The third-order valence-corrected chi connectivity index (χ3v) is 4.34. The standard InChI is InChI=1S/C15H21N3O2S/c1-2-16-14(19)10-17-15(20)11-18-8-5-9-21-13-7-4-3-6-12(13)18/h3-4,6-7H,2,5,8-11H2,1H3,(H,16,19)(H,17,20). The number of para-hydroxylation sites is 1. The summed E-state index contributed by atoms with van der Waals surface area (Å²) in [7, 11) is 0. The van der Waals surface area contributed by atoms with Gasteiger partial charge in [0.15, 0.2) is 0 Å². The topological polar surface area (TPSA) is 61.4 Å². The number of anilines is 1. The molecule has 0 spiro atoms. The molecular formula is C15H21N3O2S. The Morgan fingerprint density at radius 2 is 2.05 bits per heavy atom. The lowest BCUT2D eigenvalue weighted by Gasteiger charge is -2.23. The monoisotopic (exact) mass is 307 g/mol. The predicted molar refractivity (Wildman–Crippen MR) is 85.7 cm³/mol. The van der Waals surface area contributed by atoms with Crippen LogP contribution in [0.1, 0.15) is 13.3 Å². The Balaban J connectivity index is 1.93. The largest absolute Gasteiger partial charge is 0.361 e. The van der Waals surface area contributed by atoms with Crippen molar-refractivity contribution in [2.24, 2.45) is 0 Å². The van der Waals surface area contributed by atoms with Crippen LogP contribution >= 0.6 is 11.8 Å². The predicted octanol–water partition coefficient (Wildman–Crippen LogP) is 1.24. The highest BCUT2D eigenvalue weighted by Crippen LogP contribution is 2.33. The number of thioether (sulfide) groups is 1. The summed E-state index contributed by atoms with van der Waals surface area (Å²) in [4.78, 5) is 26.7. The molecular weight excluding hydrogens is 286 g/mol. The molecule has 0 aliphatic carbocycles. The summed E-state index contributed by atoms with van der Waals surface area (Å²) in [5.41, 5.74) is 1.10. The van der Waals surface area contributed by atoms with E-state index in [4.69, 9.17) is 0 Å². The van der Waals surface area contributed by atoms with E-state index in [1.165, 1.54) is 4.90 Å². The molecule has 0 saturated carbocycles. The lowest BCUT2D eigenvalue weighted by atomic mass is 10.2. The number of likely N-dealkylation sites (N-methyl/N-ethyl adjacent to an activating group) is 1.